The van der Waals surface area contributed by atoms with Crippen LogP contribution in [0, 0.1) is 57.2 Å². The predicted molar refractivity (Wildman–Crippen MR) is 101 cm³/mol. The molecule has 4 atom stereocenters. The normalized spacial score (nSPS) is 32.6. The van der Waals surface area contributed by atoms with Gasteiger partial charge >= 0.3 is 0 Å². The second kappa shape index (κ2) is 5.91. The molecule has 1 aromatic heterocycles. The Morgan fingerprint density at radius 1 is 1.04 bits per heavy atom. The van der Waals surface area contributed by atoms with E-state index in [-0.39, 0.29) is 0 Å². The highest BCUT2D eigenvalue weighted by Crippen LogP contribution is 2.69. The van der Waals surface area contributed by atoms with Gasteiger partial charge in [-0.2, -0.15) is 15.8 Å². The largest absolute Gasteiger partial charge is 0.447 e. The second-order valence-electron chi connectivity index (χ2n) is 7.19. The first kappa shape index (κ1) is 18.2. The summed E-state index contributed by atoms with van der Waals surface area (Å²) < 4.78 is 12.1. The number of fused-ring (bicyclic) bond motifs is 2. The van der Waals surface area contributed by atoms with Crippen LogP contribution in [0.3, 0.4) is 0 Å². The van der Waals surface area contributed by atoms with E-state index in [9.17, 15) is 15.8 Å². The van der Waals surface area contributed by atoms with E-state index in [0.717, 1.165) is 4.88 Å². The molecule has 0 spiro atoms. The van der Waals surface area contributed by atoms with E-state index in [0.29, 0.717) is 10.4 Å². The molecule has 2 bridgehead atoms. The lowest BCUT2D eigenvalue weighted by atomic mass is 9.53. The van der Waals surface area contributed by atoms with Crippen LogP contribution < -0.4 is 0 Å². The van der Waals surface area contributed by atoms with Crippen molar-refractivity contribution in [1.82, 2.24) is 0 Å². The van der Waals surface area contributed by atoms with Crippen molar-refractivity contribution in [2.45, 2.75) is 31.7 Å². The zero-order chi connectivity index (χ0) is 20.2. The molecule has 7 heteroatoms. The van der Waals surface area contributed by atoms with Crippen molar-refractivity contribution >= 4 is 17.2 Å². The average Bonchev–Trinajstić information content (AvgIpc) is 3.20. The SMILES string of the molecule is Cc1ccc(C2OC3(C)OC(=N)C(C#N)(C3c3ccccc3)C2(C#N)C#N)s1. The van der Waals surface area contributed by atoms with Crippen LogP contribution in [0.25, 0.3) is 0 Å². The van der Waals surface area contributed by atoms with E-state index in [1.165, 1.54) is 11.3 Å². The first-order chi connectivity index (χ1) is 13.4. The molecule has 1 N–H and O–H groups in total. The van der Waals surface area contributed by atoms with Crippen molar-refractivity contribution in [1.29, 1.82) is 21.2 Å². The Morgan fingerprint density at radius 2 is 1.71 bits per heavy atom. The molecule has 6 nitrogen and oxygen atoms in total. The first-order valence-electron chi connectivity index (χ1n) is 8.69. The molecule has 28 heavy (non-hydrogen) atoms. The van der Waals surface area contributed by atoms with Gasteiger partial charge in [0.15, 0.2) is 5.41 Å². The number of thiophene rings is 1. The molecule has 138 valence electrons. The summed E-state index contributed by atoms with van der Waals surface area (Å²) in [6.07, 6.45) is -1.01. The van der Waals surface area contributed by atoms with E-state index in [2.05, 4.69) is 18.2 Å². The van der Waals surface area contributed by atoms with Gasteiger partial charge in [0.2, 0.25) is 17.1 Å². The predicted octanol–water partition coefficient (Wildman–Crippen LogP) is 4.18. The summed E-state index contributed by atoms with van der Waals surface area (Å²) in [5, 5.41) is 39.3. The number of nitrogens with zero attached hydrogens (tertiary/aromatic N) is 3. The van der Waals surface area contributed by atoms with E-state index in [1.54, 1.807) is 25.1 Å². The molecular weight excluding hydrogens is 372 g/mol. The Morgan fingerprint density at radius 3 is 2.25 bits per heavy atom. The monoisotopic (exact) mass is 388 g/mol. The number of nitriles is 3. The fourth-order valence-electron chi connectivity index (χ4n) is 4.48. The molecule has 1 aromatic carbocycles. The maximum absolute atomic E-state index is 10.3. The summed E-state index contributed by atoms with van der Waals surface area (Å²) in [5.74, 6) is -2.55. The molecular formula is C21H16N4O2S. The summed E-state index contributed by atoms with van der Waals surface area (Å²) in [7, 11) is 0. The van der Waals surface area contributed by atoms with Crippen LogP contribution in [0.5, 0.6) is 0 Å². The Hall–Kier alpha value is -3.18. The van der Waals surface area contributed by atoms with Crippen molar-refractivity contribution < 1.29 is 9.47 Å². The van der Waals surface area contributed by atoms with Crippen LogP contribution in [0.1, 0.15) is 34.3 Å². The third-order valence-corrected chi connectivity index (χ3v) is 6.71. The topological polar surface area (TPSA) is 114 Å². The van der Waals surface area contributed by atoms with Gasteiger partial charge in [-0.1, -0.05) is 30.3 Å². The number of aryl methyl sites for hydroxylation is 1. The van der Waals surface area contributed by atoms with Crippen LogP contribution in [0.4, 0.5) is 0 Å². The number of hydrogen-bond acceptors (Lipinski definition) is 7. The summed E-state index contributed by atoms with van der Waals surface area (Å²) in [5.41, 5.74) is -3.05. The van der Waals surface area contributed by atoms with Gasteiger partial charge in [-0.25, -0.2) is 0 Å². The highest BCUT2D eigenvalue weighted by Gasteiger charge is 2.79. The third kappa shape index (κ3) is 1.99. The average molecular weight is 388 g/mol. The minimum atomic E-state index is -1.94. The van der Waals surface area contributed by atoms with Gasteiger partial charge in [0.1, 0.15) is 6.10 Å². The molecule has 4 unspecified atom stereocenters. The van der Waals surface area contributed by atoms with Gasteiger partial charge in [0.05, 0.1) is 24.1 Å². The Bertz CT molecular complexity index is 1080. The van der Waals surface area contributed by atoms with Crippen molar-refractivity contribution in [3.05, 3.63) is 57.8 Å². The number of hydrogen-bond donors (Lipinski definition) is 1. The van der Waals surface area contributed by atoms with Gasteiger partial charge in [0, 0.05) is 16.7 Å². The van der Waals surface area contributed by atoms with Crippen molar-refractivity contribution in [3.63, 3.8) is 0 Å². The Balaban J connectivity index is 2.05. The molecule has 0 aliphatic carbocycles. The molecule has 0 radical (unpaired) electrons. The first-order valence-corrected chi connectivity index (χ1v) is 9.51. The molecule has 4 rings (SSSR count). The Labute approximate surface area is 166 Å². The van der Waals surface area contributed by atoms with E-state index in [1.807, 2.05) is 31.2 Å². The molecule has 2 saturated heterocycles. The van der Waals surface area contributed by atoms with Crippen LogP contribution in [-0.2, 0) is 9.47 Å². The van der Waals surface area contributed by atoms with E-state index < -0.39 is 34.5 Å². The summed E-state index contributed by atoms with van der Waals surface area (Å²) in [6, 6.07) is 19.0. The van der Waals surface area contributed by atoms with Gasteiger partial charge < -0.3 is 9.47 Å². The highest BCUT2D eigenvalue weighted by molar-refractivity contribution is 7.12. The quantitative estimate of drug-likeness (QED) is 0.829. The summed E-state index contributed by atoms with van der Waals surface area (Å²) in [6.45, 7) is 3.59. The number of nitrogens with one attached hydrogen (secondary N) is 1. The lowest BCUT2D eigenvalue weighted by molar-refractivity contribution is -0.252. The van der Waals surface area contributed by atoms with E-state index in [4.69, 9.17) is 14.9 Å². The van der Waals surface area contributed by atoms with Crippen molar-refractivity contribution in [3.8, 4) is 18.2 Å². The highest BCUT2D eigenvalue weighted by atomic mass is 32.1. The Kier molecular flexibility index (Phi) is 3.84. The zero-order valence-electron chi connectivity index (χ0n) is 15.3. The van der Waals surface area contributed by atoms with Gasteiger partial charge in [0.25, 0.3) is 0 Å². The fraction of sp³-hybridized carbons (Fsp3) is 0.333. The van der Waals surface area contributed by atoms with Gasteiger partial charge in [-0.05, 0) is 24.6 Å². The maximum Gasteiger partial charge on any atom is 0.218 e. The van der Waals surface area contributed by atoms with Crippen LogP contribution in [0.2, 0.25) is 0 Å². The maximum atomic E-state index is 10.3. The summed E-state index contributed by atoms with van der Waals surface area (Å²) >= 11 is 1.40. The number of ether oxygens (including phenoxy) is 2. The smallest absolute Gasteiger partial charge is 0.218 e. The third-order valence-electron chi connectivity index (χ3n) is 5.67. The molecule has 2 fully saturated rings. The van der Waals surface area contributed by atoms with Crippen LogP contribution in [0.15, 0.2) is 42.5 Å². The lowest BCUT2D eigenvalue weighted by Gasteiger charge is -2.48. The minimum absolute atomic E-state index is 0.398. The molecule has 0 amide bonds. The molecule has 3 heterocycles. The standard InChI is InChI=1S/C21H16N4O2S/c1-13-8-9-15(28-13)17-20(10-22,11-23)21(12-24)16(14-6-4-3-5-7-14)19(2,26-17)27-18(21)25/h3-9,16-17,25H,1-2H3. The van der Waals surface area contributed by atoms with Gasteiger partial charge in [-0.15, -0.1) is 11.3 Å². The lowest BCUT2D eigenvalue weighted by Crippen LogP contribution is -2.57. The van der Waals surface area contributed by atoms with Crippen LogP contribution >= 0.6 is 11.3 Å². The minimum Gasteiger partial charge on any atom is -0.447 e. The van der Waals surface area contributed by atoms with Gasteiger partial charge in [-0.3, -0.25) is 5.41 Å². The fourth-order valence-corrected chi connectivity index (χ4v) is 5.46. The van der Waals surface area contributed by atoms with Crippen molar-refractivity contribution in [2.24, 2.45) is 10.8 Å². The molecule has 0 saturated carbocycles. The van der Waals surface area contributed by atoms with E-state index >= 15 is 0 Å². The number of benzene rings is 1. The second-order valence-corrected chi connectivity index (χ2v) is 8.51. The molecule has 2 aromatic rings. The zero-order valence-corrected chi connectivity index (χ0v) is 16.1. The van der Waals surface area contributed by atoms with Crippen molar-refractivity contribution in [2.75, 3.05) is 0 Å². The molecule has 2 aliphatic heterocycles. The van der Waals surface area contributed by atoms with Crippen LogP contribution in [-0.4, -0.2) is 11.7 Å². The number of rotatable bonds is 2. The molecule has 2 aliphatic rings. The summed E-state index contributed by atoms with van der Waals surface area (Å²) in [4.78, 5) is 1.66.